The van der Waals surface area contributed by atoms with Crippen molar-refractivity contribution in [1.29, 1.82) is 0 Å². The minimum Gasteiger partial charge on any atom is -0.462 e. The Bertz CT molecular complexity index is 675. The molecule has 1 aliphatic carbocycles. The van der Waals surface area contributed by atoms with Gasteiger partial charge in [-0.25, -0.2) is 9.18 Å². The van der Waals surface area contributed by atoms with Crippen molar-refractivity contribution in [2.75, 3.05) is 6.61 Å². The summed E-state index contributed by atoms with van der Waals surface area (Å²) >= 11 is 0. The van der Waals surface area contributed by atoms with Crippen LogP contribution in [0, 0.1) is 5.82 Å². The molecule has 0 aliphatic heterocycles. The van der Waals surface area contributed by atoms with Gasteiger partial charge >= 0.3 is 5.97 Å². The molecule has 3 rings (SSSR count). The molecule has 0 saturated heterocycles. The Morgan fingerprint density at radius 3 is 2.62 bits per heavy atom. The molecule has 0 radical (unpaired) electrons. The maximum atomic E-state index is 13.4. The van der Waals surface area contributed by atoms with Crippen LogP contribution in [0.15, 0.2) is 42.5 Å². The highest BCUT2D eigenvalue weighted by Gasteiger charge is 2.28. The standard InChI is InChI=1S/C18H17FO2/c1-2-21-18(20)17-11-14(8-9-16(17)12-6-7-12)13-4-3-5-15(19)10-13/h3-5,8-12H,2,6-7H2,1H3. The van der Waals surface area contributed by atoms with Crippen LogP contribution in [0.4, 0.5) is 4.39 Å². The van der Waals surface area contributed by atoms with Gasteiger partial charge in [-0.2, -0.15) is 0 Å². The second-order valence-electron chi connectivity index (χ2n) is 5.31. The Balaban J connectivity index is 2.03. The van der Waals surface area contributed by atoms with E-state index in [1.807, 2.05) is 24.3 Å². The van der Waals surface area contributed by atoms with Crippen LogP contribution in [0.1, 0.15) is 41.6 Å². The molecule has 0 bridgehead atoms. The van der Waals surface area contributed by atoms with E-state index in [0.717, 1.165) is 29.5 Å². The molecule has 2 aromatic rings. The summed E-state index contributed by atoms with van der Waals surface area (Å²) < 4.78 is 18.5. The molecule has 0 heterocycles. The molecule has 0 unspecified atom stereocenters. The third-order valence-corrected chi connectivity index (χ3v) is 3.72. The van der Waals surface area contributed by atoms with E-state index in [1.165, 1.54) is 12.1 Å². The summed E-state index contributed by atoms with van der Waals surface area (Å²) in [5.41, 5.74) is 3.26. The molecule has 1 fully saturated rings. The lowest BCUT2D eigenvalue weighted by molar-refractivity contribution is 0.0525. The second kappa shape index (κ2) is 5.68. The highest BCUT2D eigenvalue weighted by molar-refractivity contribution is 5.93. The number of halogens is 1. The van der Waals surface area contributed by atoms with Crippen molar-refractivity contribution in [3.8, 4) is 11.1 Å². The monoisotopic (exact) mass is 284 g/mol. The molecular formula is C18H17FO2. The van der Waals surface area contributed by atoms with Crippen LogP contribution >= 0.6 is 0 Å². The van der Waals surface area contributed by atoms with Crippen LogP contribution in [0.3, 0.4) is 0 Å². The van der Waals surface area contributed by atoms with Crippen molar-refractivity contribution in [3.63, 3.8) is 0 Å². The van der Waals surface area contributed by atoms with E-state index >= 15 is 0 Å². The third-order valence-electron chi connectivity index (χ3n) is 3.72. The SMILES string of the molecule is CCOC(=O)c1cc(-c2cccc(F)c2)ccc1C1CC1. The van der Waals surface area contributed by atoms with Gasteiger partial charge < -0.3 is 4.74 Å². The molecule has 1 aliphatic rings. The van der Waals surface area contributed by atoms with Crippen molar-refractivity contribution in [1.82, 2.24) is 0 Å². The maximum Gasteiger partial charge on any atom is 0.338 e. The van der Waals surface area contributed by atoms with Crippen LogP contribution in [0.5, 0.6) is 0 Å². The Labute approximate surface area is 123 Å². The maximum absolute atomic E-state index is 13.4. The van der Waals surface area contributed by atoms with E-state index in [4.69, 9.17) is 4.74 Å². The quantitative estimate of drug-likeness (QED) is 0.770. The van der Waals surface area contributed by atoms with E-state index in [2.05, 4.69) is 0 Å². The summed E-state index contributed by atoms with van der Waals surface area (Å²) in [7, 11) is 0. The summed E-state index contributed by atoms with van der Waals surface area (Å²) in [4.78, 5) is 12.2. The normalized spacial score (nSPS) is 14.0. The predicted molar refractivity (Wildman–Crippen MR) is 79.8 cm³/mol. The lowest BCUT2D eigenvalue weighted by Crippen LogP contribution is -2.08. The number of carbonyl (C=O) groups is 1. The fraction of sp³-hybridized carbons (Fsp3) is 0.278. The minimum absolute atomic E-state index is 0.281. The van der Waals surface area contributed by atoms with Gasteiger partial charge in [-0.15, -0.1) is 0 Å². The summed E-state index contributed by atoms with van der Waals surface area (Å²) in [6.45, 7) is 2.15. The zero-order chi connectivity index (χ0) is 14.8. The van der Waals surface area contributed by atoms with Crippen LogP contribution in [0.25, 0.3) is 11.1 Å². The van der Waals surface area contributed by atoms with Crippen LogP contribution < -0.4 is 0 Å². The molecule has 0 atom stereocenters. The van der Waals surface area contributed by atoms with Gasteiger partial charge in [0, 0.05) is 0 Å². The number of rotatable bonds is 4. The smallest absolute Gasteiger partial charge is 0.338 e. The number of hydrogen-bond donors (Lipinski definition) is 0. The van der Waals surface area contributed by atoms with Crippen LogP contribution in [-0.2, 0) is 4.74 Å². The fourth-order valence-corrected chi connectivity index (χ4v) is 2.54. The van der Waals surface area contributed by atoms with Crippen molar-refractivity contribution >= 4 is 5.97 Å². The van der Waals surface area contributed by atoms with Gasteiger partial charge in [-0.3, -0.25) is 0 Å². The largest absolute Gasteiger partial charge is 0.462 e. The Kier molecular flexibility index (Phi) is 3.74. The molecule has 108 valence electrons. The van der Waals surface area contributed by atoms with Crippen LogP contribution in [0.2, 0.25) is 0 Å². The number of benzene rings is 2. The average molecular weight is 284 g/mol. The van der Waals surface area contributed by atoms with Gasteiger partial charge in [-0.1, -0.05) is 24.3 Å². The highest BCUT2D eigenvalue weighted by atomic mass is 19.1. The van der Waals surface area contributed by atoms with Crippen molar-refractivity contribution in [3.05, 3.63) is 59.4 Å². The second-order valence-corrected chi connectivity index (χ2v) is 5.31. The Morgan fingerprint density at radius 2 is 1.95 bits per heavy atom. The summed E-state index contributed by atoms with van der Waals surface area (Å²) in [5.74, 6) is -0.111. The zero-order valence-corrected chi connectivity index (χ0v) is 11.9. The van der Waals surface area contributed by atoms with Crippen LogP contribution in [-0.4, -0.2) is 12.6 Å². The molecule has 21 heavy (non-hydrogen) atoms. The molecule has 1 saturated carbocycles. The number of ether oxygens (including phenoxy) is 1. The van der Waals surface area contributed by atoms with E-state index < -0.39 is 0 Å². The van der Waals surface area contributed by atoms with Gasteiger partial charge in [-0.05, 0) is 60.6 Å². The molecule has 2 nitrogen and oxygen atoms in total. The van der Waals surface area contributed by atoms with Gasteiger partial charge in [0.2, 0.25) is 0 Å². The topological polar surface area (TPSA) is 26.3 Å². The van der Waals surface area contributed by atoms with E-state index in [-0.39, 0.29) is 11.8 Å². The Morgan fingerprint density at radius 1 is 1.19 bits per heavy atom. The molecule has 0 amide bonds. The number of carbonyl (C=O) groups excluding carboxylic acids is 1. The van der Waals surface area contributed by atoms with Gasteiger partial charge in [0.05, 0.1) is 12.2 Å². The first-order valence-electron chi connectivity index (χ1n) is 7.26. The lowest BCUT2D eigenvalue weighted by Gasteiger charge is -2.11. The molecule has 0 aromatic heterocycles. The first-order valence-corrected chi connectivity index (χ1v) is 7.26. The molecule has 2 aromatic carbocycles. The zero-order valence-electron chi connectivity index (χ0n) is 11.9. The van der Waals surface area contributed by atoms with Crippen molar-refractivity contribution in [2.24, 2.45) is 0 Å². The van der Waals surface area contributed by atoms with Crippen molar-refractivity contribution < 1.29 is 13.9 Å². The van der Waals surface area contributed by atoms with E-state index in [9.17, 15) is 9.18 Å². The lowest BCUT2D eigenvalue weighted by atomic mass is 9.96. The van der Waals surface area contributed by atoms with Crippen molar-refractivity contribution in [2.45, 2.75) is 25.7 Å². The highest BCUT2D eigenvalue weighted by Crippen LogP contribution is 2.42. The third kappa shape index (κ3) is 2.97. The predicted octanol–water partition coefficient (Wildman–Crippen LogP) is 4.55. The molecule has 0 N–H and O–H groups in total. The van der Waals surface area contributed by atoms with E-state index in [0.29, 0.717) is 18.1 Å². The first kappa shape index (κ1) is 13.8. The van der Waals surface area contributed by atoms with Gasteiger partial charge in [0.25, 0.3) is 0 Å². The Hall–Kier alpha value is -2.16. The average Bonchev–Trinajstić information content (AvgIpc) is 3.31. The molecule has 0 spiro atoms. The number of hydrogen-bond acceptors (Lipinski definition) is 2. The first-order chi connectivity index (χ1) is 10.2. The number of esters is 1. The molecule has 3 heteroatoms. The minimum atomic E-state index is -0.294. The summed E-state index contributed by atoms with van der Waals surface area (Å²) in [6, 6.07) is 12.1. The molecular weight excluding hydrogens is 267 g/mol. The summed E-state index contributed by atoms with van der Waals surface area (Å²) in [6.07, 6.45) is 2.23. The fourth-order valence-electron chi connectivity index (χ4n) is 2.54. The summed E-state index contributed by atoms with van der Waals surface area (Å²) in [5, 5.41) is 0. The van der Waals surface area contributed by atoms with Gasteiger partial charge in [0.15, 0.2) is 0 Å². The van der Waals surface area contributed by atoms with E-state index in [1.54, 1.807) is 13.0 Å². The van der Waals surface area contributed by atoms with Gasteiger partial charge in [0.1, 0.15) is 5.82 Å².